The quantitative estimate of drug-likeness (QED) is 0.487. The maximum Gasteiger partial charge on any atom is 0.346 e. The summed E-state index contributed by atoms with van der Waals surface area (Å²) < 4.78 is 17.3. The van der Waals surface area contributed by atoms with Crippen LogP contribution in [0.3, 0.4) is 0 Å². The first kappa shape index (κ1) is 8.42. The molecular weight excluding hydrogens is 155 g/mol. The molecule has 0 amide bonds. The Bertz CT molecular complexity index is 179. The summed E-state index contributed by atoms with van der Waals surface area (Å²) in [5.74, 6) is -1.12. The highest BCUT2D eigenvalue weighted by atomic mass is 19.1. The molecule has 1 fully saturated rings. The predicted octanol–water partition coefficient (Wildman–Crippen LogP) is -1.01. The zero-order valence-corrected chi connectivity index (χ0v) is 5.95. The molecule has 0 aliphatic carbocycles. The lowest BCUT2D eigenvalue weighted by molar-refractivity contribution is -0.150. The molecule has 4 nitrogen and oxygen atoms in total. The van der Waals surface area contributed by atoms with Gasteiger partial charge in [0, 0.05) is 0 Å². The van der Waals surface area contributed by atoms with E-state index in [1.807, 2.05) is 0 Å². The molecule has 3 atom stereocenters. The van der Waals surface area contributed by atoms with Crippen LogP contribution in [0.15, 0.2) is 0 Å². The van der Waals surface area contributed by atoms with Crippen LogP contribution in [0, 0.1) is 0 Å². The number of ether oxygens (including phenoxy) is 1. The third kappa shape index (κ3) is 1.10. The Morgan fingerprint density at radius 3 is 2.55 bits per heavy atom. The topological polar surface area (TPSA) is 66.8 Å². The molecule has 5 heteroatoms. The number of rotatable bonds is 1. The molecule has 1 saturated heterocycles. The molecule has 0 bridgehead atoms. The van der Waals surface area contributed by atoms with Crippen molar-refractivity contribution >= 4 is 5.97 Å². The van der Waals surface area contributed by atoms with Crippen molar-refractivity contribution < 1.29 is 24.1 Å². The fourth-order valence-electron chi connectivity index (χ4n) is 0.924. The van der Waals surface area contributed by atoms with Gasteiger partial charge in [-0.3, -0.25) is 0 Å². The molecule has 1 rings (SSSR count). The van der Waals surface area contributed by atoms with Crippen LogP contribution < -0.4 is 0 Å². The Morgan fingerprint density at radius 1 is 1.82 bits per heavy atom. The molecule has 1 heterocycles. The molecule has 2 N–H and O–H groups in total. The van der Waals surface area contributed by atoms with Crippen LogP contribution in [-0.2, 0) is 9.53 Å². The third-order valence-electron chi connectivity index (χ3n) is 1.75. The Labute approximate surface area is 62.6 Å². The second-order valence-electron chi connectivity index (χ2n) is 2.65. The molecule has 1 aliphatic heterocycles. The molecule has 0 aromatic heterocycles. The van der Waals surface area contributed by atoms with E-state index >= 15 is 0 Å². The van der Waals surface area contributed by atoms with E-state index in [4.69, 9.17) is 10.2 Å². The highest BCUT2D eigenvalue weighted by Gasteiger charge is 2.54. The summed E-state index contributed by atoms with van der Waals surface area (Å²) in [6.45, 7) is 0.363. The zero-order valence-electron chi connectivity index (χ0n) is 5.95. The van der Waals surface area contributed by atoms with Crippen LogP contribution in [0.5, 0.6) is 0 Å². The van der Waals surface area contributed by atoms with Crippen molar-refractivity contribution in [2.75, 3.05) is 6.61 Å². The SMILES string of the molecule is C[C@]1(F)C(=O)OC(CO)[C@@H]1O. The minimum Gasteiger partial charge on any atom is -0.455 e. The van der Waals surface area contributed by atoms with Gasteiger partial charge in [-0.15, -0.1) is 0 Å². The largest absolute Gasteiger partial charge is 0.455 e. The Morgan fingerprint density at radius 2 is 2.36 bits per heavy atom. The van der Waals surface area contributed by atoms with Crippen LogP contribution in [0.1, 0.15) is 6.92 Å². The van der Waals surface area contributed by atoms with Gasteiger partial charge in [0.25, 0.3) is 0 Å². The average Bonchev–Trinajstić information content (AvgIpc) is 2.14. The van der Waals surface area contributed by atoms with Crippen molar-refractivity contribution in [2.24, 2.45) is 0 Å². The number of esters is 1. The maximum absolute atomic E-state index is 13.0. The van der Waals surface area contributed by atoms with Gasteiger partial charge in [0.15, 0.2) is 6.10 Å². The van der Waals surface area contributed by atoms with Crippen molar-refractivity contribution in [2.45, 2.75) is 24.8 Å². The van der Waals surface area contributed by atoms with Gasteiger partial charge in [0.05, 0.1) is 6.61 Å². The van der Waals surface area contributed by atoms with E-state index in [0.29, 0.717) is 0 Å². The van der Waals surface area contributed by atoms with Gasteiger partial charge in [0.2, 0.25) is 5.67 Å². The van der Waals surface area contributed by atoms with Gasteiger partial charge in [0.1, 0.15) is 6.10 Å². The van der Waals surface area contributed by atoms with E-state index in [-0.39, 0.29) is 0 Å². The zero-order chi connectivity index (χ0) is 8.65. The van der Waals surface area contributed by atoms with Gasteiger partial charge < -0.3 is 14.9 Å². The summed E-state index contributed by atoms with van der Waals surface area (Å²) in [4.78, 5) is 10.6. The second kappa shape index (κ2) is 2.42. The number of aliphatic hydroxyl groups excluding tert-OH is 2. The summed E-state index contributed by atoms with van der Waals surface area (Å²) in [5.41, 5.74) is -2.38. The number of cyclic esters (lactones) is 1. The number of carbonyl (C=O) groups is 1. The van der Waals surface area contributed by atoms with E-state index in [0.717, 1.165) is 6.92 Å². The molecule has 1 aliphatic rings. The molecule has 64 valence electrons. The lowest BCUT2D eigenvalue weighted by Gasteiger charge is -2.14. The molecular formula is C6H9FO4. The number of carbonyl (C=O) groups excluding carboxylic acids is 1. The normalized spacial score (nSPS) is 44.2. The fraction of sp³-hybridized carbons (Fsp3) is 0.833. The molecule has 0 aromatic rings. The first-order chi connectivity index (χ1) is 5.00. The van der Waals surface area contributed by atoms with Gasteiger partial charge in [-0.05, 0) is 6.92 Å². The second-order valence-corrected chi connectivity index (χ2v) is 2.65. The average molecular weight is 164 g/mol. The Hall–Kier alpha value is -0.680. The van der Waals surface area contributed by atoms with E-state index in [1.165, 1.54) is 0 Å². The molecule has 0 radical (unpaired) electrons. The fourth-order valence-corrected chi connectivity index (χ4v) is 0.924. The van der Waals surface area contributed by atoms with Crippen LogP contribution >= 0.6 is 0 Å². The number of hydrogen-bond donors (Lipinski definition) is 2. The van der Waals surface area contributed by atoms with Crippen molar-refractivity contribution in [3.8, 4) is 0 Å². The first-order valence-electron chi connectivity index (χ1n) is 3.19. The van der Waals surface area contributed by atoms with Gasteiger partial charge in [-0.2, -0.15) is 0 Å². The van der Waals surface area contributed by atoms with Crippen molar-refractivity contribution in [3.63, 3.8) is 0 Å². The highest BCUT2D eigenvalue weighted by Crippen LogP contribution is 2.29. The summed E-state index contributed by atoms with van der Waals surface area (Å²) in [6, 6.07) is 0. The number of hydrogen-bond acceptors (Lipinski definition) is 4. The predicted molar refractivity (Wildman–Crippen MR) is 32.5 cm³/mol. The number of aliphatic hydroxyl groups is 2. The van der Waals surface area contributed by atoms with Gasteiger partial charge >= 0.3 is 5.97 Å². The summed E-state index contributed by atoms with van der Waals surface area (Å²) >= 11 is 0. The van der Waals surface area contributed by atoms with Crippen molar-refractivity contribution in [1.82, 2.24) is 0 Å². The first-order valence-corrected chi connectivity index (χ1v) is 3.19. The lowest BCUT2D eigenvalue weighted by Crippen LogP contribution is -2.40. The lowest BCUT2D eigenvalue weighted by atomic mass is 10.0. The minimum atomic E-state index is -2.38. The van der Waals surface area contributed by atoms with Gasteiger partial charge in [-0.1, -0.05) is 0 Å². The smallest absolute Gasteiger partial charge is 0.346 e. The monoisotopic (exact) mass is 164 g/mol. The molecule has 1 unspecified atom stereocenters. The van der Waals surface area contributed by atoms with Crippen molar-refractivity contribution in [1.29, 1.82) is 0 Å². The minimum absolute atomic E-state index is 0.563. The molecule has 0 aromatic carbocycles. The van der Waals surface area contributed by atoms with E-state index in [2.05, 4.69) is 4.74 Å². The third-order valence-corrected chi connectivity index (χ3v) is 1.75. The number of halogens is 1. The van der Waals surface area contributed by atoms with Crippen LogP contribution in [0.4, 0.5) is 4.39 Å². The summed E-state index contributed by atoms with van der Waals surface area (Å²) in [6.07, 6.45) is -2.70. The Balaban J connectivity index is 2.80. The molecule has 0 saturated carbocycles. The van der Waals surface area contributed by atoms with Crippen LogP contribution in [0.25, 0.3) is 0 Å². The highest BCUT2D eigenvalue weighted by molar-refractivity contribution is 5.82. The van der Waals surface area contributed by atoms with Crippen LogP contribution in [-0.4, -0.2) is 40.7 Å². The van der Waals surface area contributed by atoms with E-state index < -0.39 is 30.5 Å². The standard InChI is InChI=1S/C6H9FO4/c1-6(7)4(9)3(2-8)11-5(6)10/h3-4,8-9H,2H2,1H3/t3?,4-,6+/m0/s1. The maximum atomic E-state index is 13.0. The number of alkyl halides is 1. The van der Waals surface area contributed by atoms with Crippen LogP contribution in [0.2, 0.25) is 0 Å². The summed E-state index contributed by atoms with van der Waals surface area (Å²) in [7, 11) is 0. The summed E-state index contributed by atoms with van der Waals surface area (Å²) in [5, 5.41) is 17.5. The van der Waals surface area contributed by atoms with Gasteiger partial charge in [-0.25, -0.2) is 9.18 Å². The molecule has 11 heavy (non-hydrogen) atoms. The molecule has 0 spiro atoms. The van der Waals surface area contributed by atoms with E-state index in [9.17, 15) is 9.18 Å². The Kier molecular flexibility index (Phi) is 1.85. The van der Waals surface area contributed by atoms with E-state index in [1.54, 1.807) is 0 Å². The van der Waals surface area contributed by atoms with Crippen molar-refractivity contribution in [3.05, 3.63) is 0 Å².